The SMILES string of the molecule is CCCC[CH-]OC1([C-]=O)CC(OCc2ccc(C#N)c3ncccc23)C1.[Li+]. The number of carbonyl (C=O) groups excluding carboxylic acids is 1. The number of pyridine rings is 1. The maximum absolute atomic E-state index is 11.3. The molecule has 0 unspecified atom stereocenters. The zero-order chi connectivity index (χ0) is 18.4. The number of unbranched alkanes of at least 4 members (excludes halogenated alkanes) is 2. The molecule has 6 heteroatoms. The molecule has 1 fully saturated rings. The van der Waals surface area contributed by atoms with Gasteiger partial charge in [0, 0.05) is 11.6 Å². The first-order chi connectivity index (χ1) is 12.7. The molecule has 5 nitrogen and oxygen atoms in total. The fourth-order valence-electron chi connectivity index (χ4n) is 3.16. The zero-order valence-corrected chi connectivity index (χ0v) is 15.9. The first-order valence-corrected chi connectivity index (χ1v) is 8.98. The zero-order valence-electron chi connectivity index (χ0n) is 15.9. The molecule has 0 bridgehead atoms. The number of hydrogen-bond acceptors (Lipinski definition) is 5. The molecule has 0 N–H and O–H groups in total. The molecule has 1 aromatic heterocycles. The van der Waals surface area contributed by atoms with E-state index in [0.717, 1.165) is 30.2 Å². The van der Waals surface area contributed by atoms with E-state index in [9.17, 15) is 10.1 Å². The summed E-state index contributed by atoms with van der Waals surface area (Å²) in [7, 11) is 0. The van der Waals surface area contributed by atoms with Gasteiger partial charge in [0.15, 0.2) is 0 Å². The van der Waals surface area contributed by atoms with E-state index < -0.39 is 5.60 Å². The fraction of sp³-hybridized carbons (Fsp3) is 0.429. The van der Waals surface area contributed by atoms with Crippen LogP contribution in [0.15, 0.2) is 30.5 Å². The van der Waals surface area contributed by atoms with Crippen molar-refractivity contribution >= 4 is 17.2 Å². The minimum Gasteiger partial charge on any atom is -0.568 e. The number of rotatable bonds is 9. The van der Waals surface area contributed by atoms with E-state index in [-0.39, 0.29) is 25.0 Å². The van der Waals surface area contributed by atoms with Gasteiger partial charge in [-0.2, -0.15) is 11.7 Å². The molecular formula is C21H22LiN2O3-. The van der Waals surface area contributed by atoms with E-state index in [2.05, 4.69) is 18.0 Å². The van der Waals surface area contributed by atoms with Gasteiger partial charge in [0.25, 0.3) is 0 Å². The summed E-state index contributed by atoms with van der Waals surface area (Å²) in [6.07, 6.45) is 7.71. The molecule has 0 atom stereocenters. The van der Waals surface area contributed by atoms with E-state index in [1.807, 2.05) is 24.5 Å². The van der Waals surface area contributed by atoms with Gasteiger partial charge in [0.05, 0.1) is 23.8 Å². The molecule has 1 heterocycles. The summed E-state index contributed by atoms with van der Waals surface area (Å²) >= 11 is 0. The second kappa shape index (κ2) is 10.0. The molecule has 136 valence electrons. The van der Waals surface area contributed by atoms with Crippen LogP contribution in [0.3, 0.4) is 0 Å². The van der Waals surface area contributed by atoms with Gasteiger partial charge in [-0.1, -0.05) is 37.5 Å². The van der Waals surface area contributed by atoms with E-state index in [4.69, 9.17) is 9.47 Å². The van der Waals surface area contributed by atoms with Crippen molar-refractivity contribution in [3.8, 4) is 6.07 Å². The van der Waals surface area contributed by atoms with Crippen molar-refractivity contribution in [1.82, 2.24) is 4.98 Å². The standard InChI is InChI=1S/C21H22N2O3.Li/c1-2-3-4-10-26-21(15-24)11-18(12-21)25-14-17-8-7-16(13-22)20-19(17)6-5-9-23-20;/h5-10,18H,2-4,11-12,14H2,1H3;/q-2;+1. The van der Waals surface area contributed by atoms with Gasteiger partial charge in [0.1, 0.15) is 6.07 Å². The summed E-state index contributed by atoms with van der Waals surface area (Å²) in [6, 6.07) is 9.62. The molecule has 0 radical (unpaired) electrons. The van der Waals surface area contributed by atoms with Gasteiger partial charge in [-0.15, -0.1) is 0 Å². The van der Waals surface area contributed by atoms with Crippen molar-refractivity contribution in [3.63, 3.8) is 0 Å². The molecule has 27 heavy (non-hydrogen) atoms. The molecule has 1 aliphatic carbocycles. The second-order valence-electron chi connectivity index (χ2n) is 6.65. The van der Waals surface area contributed by atoms with Crippen molar-refractivity contribution in [1.29, 1.82) is 5.26 Å². The van der Waals surface area contributed by atoms with E-state index in [1.165, 1.54) is 0 Å². The molecular weight excluding hydrogens is 335 g/mol. The summed E-state index contributed by atoms with van der Waals surface area (Å²) in [6.45, 7) is 4.25. The Bertz CT molecular complexity index is 813. The Morgan fingerprint density at radius 2 is 2.22 bits per heavy atom. The summed E-state index contributed by atoms with van der Waals surface area (Å²) in [5.74, 6) is 0. The van der Waals surface area contributed by atoms with Crippen LogP contribution < -0.4 is 18.9 Å². The normalized spacial score (nSPS) is 21.1. The summed E-state index contributed by atoms with van der Waals surface area (Å²) < 4.78 is 11.6. The maximum atomic E-state index is 11.3. The van der Waals surface area contributed by atoms with Crippen LogP contribution in [0.2, 0.25) is 0 Å². The number of benzene rings is 1. The summed E-state index contributed by atoms with van der Waals surface area (Å²) in [5, 5.41) is 10.1. The molecule has 0 amide bonds. The number of fused-ring (bicyclic) bond motifs is 1. The van der Waals surface area contributed by atoms with E-state index >= 15 is 0 Å². The van der Waals surface area contributed by atoms with Gasteiger partial charge in [0.2, 0.25) is 0 Å². The quantitative estimate of drug-likeness (QED) is 0.380. The topological polar surface area (TPSA) is 72.2 Å². The van der Waals surface area contributed by atoms with Crippen LogP contribution in [0, 0.1) is 17.9 Å². The van der Waals surface area contributed by atoms with Crippen LogP contribution in [0.4, 0.5) is 0 Å². The largest absolute Gasteiger partial charge is 1.00 e. The van der Waals surface area contributed by atoms with Gasteiger partial charge < -0.3 is 14.3 Å². The Morgan fingerprint density at radius 3 is 2.93 bits per heavy atom. The van der Waals surface area contributed by atoms with Crippen LogP contribution in [-0.2, 0) is 20.9 Å². The van der Waals surface area contributed by atoms with Gasteiger partial charge in [-0.25, -0.2) is 12.9 Å². The molecule has 3 rings (SSSR count). The Hall–Kier alpha value is -1.69. The van der Waals surface area contributed by atoms with Crippen molar-refractivity contribution in [2.24, 2.45) is 0 Å². The van der Waals surface area contributed by atoms with Crippen LogP contribution in [0.1, 0.15) is 50.2 Å². The van der Waals surface area contributed by atoms with Crippen molar-refractivity contribution < 1.29 is 33.1 Å². The third kappa shape index (κ3) is 4.98. The minimum atomic E-state index is -0.841. The molecule has 0 spiro atoms. The van der Waals surface area contributed by atoms with Crippen molar-refractivity contribution in [2.75, 3.05) is 0 Å². The van der Waals surface area contributed by atoms with Crippen LogP contribution >= 0.6 is 0 Å². The summed E-state index contributed by atoms with van der Waals surface area (Å²) in [5.41, 5.74) is 1.38. The van der Waals surface area contributed by atoms with Crippen molar-refractivity contribution in [3.05, 3.63) is 48.2 Å². The Labute approximate surface area is 172 Å². The molecule has 1 aromatic carbocycles. The smallest absolute Gasteiger partial charge is 0.568 e. The second-order valence-corrected chi connectivity index (χ2v) is 6.65. The average molecular weight is 357 g/mol. The number of nitrogens with zero attached hydrogens (tertiary/aromatic N) is 2. The molecule has 1 saturated carbocycles. The van der Waals surface area contributed by atoms with Crippen molar-refractivity contribution in [2.45, 2.75) is 57.3 Å². The average Bonchev–Trinajstić information content (AvgIpc) is 2.66. The number of aromatic nitrogens is 1. The Balaban J connectivity index is 0.00000261. The monoisotopic (exact) mass is 357 g/mol. The first kappa shape index (κ1) is 21.6. The number of ether oxygens (including phenoxy) is 2. The molecule has 0 saturated heterocycles. The van der Waals surface area contributed by atoms with E-state index in [1.54, 1.807) is 18.9 Å². The van der Waals surface area contributed by atoms with Crippen LogP contribution in [0.25, 0.3) is 10.9 Å². The molecule has 0 aliphatic heterocycles. The Kier molecular flexibility index (Phi) is 8.02. The van der Waals surface area contributed by atoms with Gasteiger partial charge in [-0.05, 0) is 30.5 Å². The third-order valence-corrected chi connectivity index (χ3v) is 4.74. The van der Waals surface area contributed by atoms with Gasteiger partial charge in [-0.3, -0.25) is 4.98 Å². The summed E-state index contributed by atoms with van der Waals surface area (Å²) in [4.78, 5) is 15.6. The number of nitriles is 1. The van der Waals surface area contributed by atoms with Gasteiger partial charge >= 0.3 is 18.9 Å². The predicted octanol–water partition coefficient (Wildman–Crippen LogP) is 1.01. The number of hydrogen-bond donors (Lipinski definition) is 0. The third-order valence-electron chi connectivity index (χ3n) is 4.74. The predicted molar refractivity (Wildman–Crippen MR) is 97.6 cm³/mol. The fourth-order valence-corrected chi connectivity index (χ4v) is 3.16. The molecule has 2 aromatic rings. The maximum Gasteiger partial charge on any atom is 1.00 e. The van der Waals surface area contributed by atoms with Crippen LogP contribution in [-0.4, -0.2) is 23.0 Å². The van der Waals surface area contributed by atoms with E-state index in [0.29, 0.717) is 30.5 Å². The molecule has 1 aliphatic rings. The minimum absolute atomic E-state index is 0. The van der Waals surface area contributed by atoms with Crippen LogP contribution in [0.5, 0.6) is 0 Å². The Morgan fingerprint density at radius 1 is 1.41 bits per heavy atom. The first-order valence-electron chi connectivity index (χ1n) is 8.98.